The third-order valence-electron chi connectivity index (χ3n) is 3.55. The number of ketones is 1. The topological polar surface area (TPSA) is 60.2 Å². The minimum absolute atomic E-state index is 0.0303. The monoisotopic (exact) mass is 241 g/mol. The fourth-order valence-corrected chi connectivity index (χ4v) is 2.76. The molecule has 0 saturated carbocycles. The van der Waals surface area contributed by atoms with Crippen molar-refractivity contribution in [3.05, 3.63) is 51.1 Å². The van der Waals surface area contributed by atoms with E-state index in [9.17, 15) is 14.9 Å². The summed E-state index contributed by atoms with van der Waals surface area (Å²) in [6.07, 6.45) is 1.79. The lowest BCUT2D eigenvalue weighted by Crippen LogP contribution is -1.99. The smallest absolute Gasteiger partial charge is 0.277 e. The third-order valence-corrected chi connectivity index (χ3v) is 3.55. The summed E-state index contributed by atoms with van der Waals surface area (Å²) in [6.45, 7) is 1.45. The molecule has 0 N–H and O–H groups in total. The average molecular weight is 241 g/mol. The normalized spacial score (nSPS) is 12.9. The van der Waals surface area contributed by atoms with Crippen LogP contribution in [0.25, 0.3) is 10.8 Å². The largest absolute Gasteiger partial charge is 0.294 e. The van der Waals surface area contributed by atoms with Crippen molar-refractivity contribution in [2.75, 3.05) is 0 Å². The van der Waals surface area contributed by atoms with Crippen molar-refractivity contribution in [1.29, 1.82) is 0 Å². The van der Waals surface area contributed by atoms with E-state index in [0.717, 1.165) is 29.4 Å². The number of nitro groups is 1. The van der Waals surface area contributed by atoms with Gasteiger partial charge in [0.15, 0.2) is 5.78 Å². The molecule has 1 aliphatic carbocycles. The van der Waals surface area contributed by atoms with E-state index in [1.807, 2.05) is 6.07 Å². The number of aryl methyl sites for hydroxylation is 2. The van der Waals surface area contributed by atoms with E-state index in [1.54, 1.807) is 12.1 Å². The quantitative estimate of drug-likeness (QED) is 0.461. The Morgan fingerprint density at radius 2 is 1.72 bits per heavy atom. The number of carbonyl (C=O) groups is 1. The molecule has 3 rings (SSSR count). The van der Waals surface area contributed by atoms with Gasteiger partial charge in [0.05, 0.1) is 10.3 Å². The maximum Gasteiger partial charge on any atom is 0.277 e. The molecular weight excluding hydrogens is 230 g/mol. The number of hydrogen-bond donors (Lipinski definition) is 0. The zero-order valence-electron chi connectivity index (χ0n) is 9.90. The Labute approximate surface area is 103 Å². The van der Waals surface area contributed by atoms with Crippen molar-refractivity contribution in [2.45, 2.75) is 19.8 Å². The fraction of sp³-hybridized carbons (Fsp3) is 0.214. The highest BCUT2D eigenvalue weighted by Gasteiger charge is 2.24. The summed E-state index contributed by atoms with van der Waals surface area (Å²) in [5.41, 5.74) is 2.69. The van der Waals surface area contributed by atoms with Crippen LogP contribution in [0.15, 0.2) is 24.3 Å². The van der Waals surface area contributed by atoms with Gasteiger partial charge in [0.2, 0.25) is 0 Å². The highest BCUT2D eigenvalue weighted by Crippen LogP contribution is 2.38. The summed E-state index contributed by atoms with van der Waals surface area (Å²) < 4.78 is 0. The summed E-state index contributed by atoms with van der Waals surface area (Å²) in [7, 11) is 0. The molecule has 0 spiro atoms. The second-order valence-electron chi connectivity index (χ2n) is 4.58. The maximum atomic E-state index is 11.7. The minimum atomic E-state index is -0.409. The molecule has 0 atom stereocenters. The molecule has 18 heavy (non-hydrogen) atoms. The van der Waals surface area contributed by atoms with Gasteiger partial charge in [-0.2, -0.15) is 0 Å². The summed E-state index contributed by atoms with van der Waals surface area (Å²) in [5, 5.41) is 12.6. The van der Waals surface area contributed by atoms with E-state index in [0.29, 0.717) is 10.9 Å². The van der Waals surface area contributed by atoms with Gasteiger partial charge in [-0.25, -0.2) is 0 Å². The molecule has 2 aromatic carbocycles. The zero-order chi connectivity index (χ0) is 12.9. The number of benzene rings is 2. The summed E-state index contributed by atoms with van der Waals surface area (Å²) in [5.74, 6) is -0.131. The van der Waals surface area contributed by atoms with Gasteiger partial charge in [-0.15, -0.1) is 0 Å². The Hall–Kier alpha value is -2.23. The second kappa shape index (κ2) is 3.63. The van der Waals surface area contributed by atoms with Crippen molar-refractivity contribution < 1.29 is 9.72 Å². The van der Waals surface area contributed by atoms with Gasteiger partial charge in [-0.3, -0.25) is 14.9 Å². The van der Waals surface area contributed by atoms with Crippen LogP contribution in [0, 0.1) is 10.1 Å². The van der Waals surface area contributed by atoms with Gasteiger partial charge in [0.1, 0.15) is 0 Å². The van der Waals surface area contributed by atoms with E-state index in [1.165, 1.54) is 13.0 Å². The van der Waals surface area contributed by atoms with Crippen LogP contribution in [-0.4, -0.2) is 10.7 Å². The SMILES string of the molecule is CC(=O)c1ccc2c3c(ccc([N+](=O)[O-])c13)CC2. The van der Waals surface area contributed by atoms with Crippen molar-refractivity contribution in [2.24, 2.45) is 0 Å². The van der Waals surface area contributed by atoms with Gasteiger partial charge in [-0.05, 0) is 36.3 Å². The lowest BCUT2D eigenvalue weighted by molar-refractivity contribution is -0.383. The molecule has 0 aliphatic heterocycles. The van der Waals surface area contributed by atoms with Crippen molar-refractivity contribution in [3.8, 4) is 0 Å². The number of non-ortho nitro benzene ring substituents is 1. The summed E-state index contributed by atoms with van der Waals surface area (Å²) in [6, 6.07) is 6.95. The number of nitro benzene ring substituents is 1. The first-order valence-electron chi connectivity index (χ1n) is 5.82. The maximum absolute atomic E-state index is 11.7. The lowest BCUT2D eigenvalue weighted by Gasteiger charge is -2.07. The summed E-state index contributed by atoms with van der Waals surface area (Å²) >= 11 is 0. The van der Waals surface area contributed by atoms with Gasteiger partial charge in [-0.1, -0.05) is 18.2 Å². The van der Waals surface area contributed by atoms with Crippen molar-refractivity contribution >= 4 is 22.2 Å². The molecule has 0 amide bonds. The van der Waals surface area contributed by atoms with Gasteiger partial charge in [0.25, 0.3) is 5.69 Å². The van der Waals surface area contributed by atoms with Crippen LogP contribution in [0.2, 0.25) is 0 Å². The van der Waals surface area contributed by atoms with E-state index in [-0.39, 0.29) is 11.5 Å². The van der Waals surface area contributed by atoms with E-state index in [2.05, 4.69) is 0 Å². The number of hydrogen-bond acceptors (Lipinski definition) is 3. The first-order chi connectivity index (χ1) is 8.59. The first-order valence-corrected chi connectivity index (χ1v) is 5.82. The van der Waals surface area contributed by atoms with Crippen LogP contribution in [0.5, 0.6) is 0 Å². The molecule has 0 fully saturated rings. The predicted octanol–water partition coefficient (Wildman–Crippen LogP) is 3.05. The molecule has 4 nitrogen and oxygen atoms in total. The predicted molar refractivity (Wildman–Crippen MR) is 68.0 cm³/mol. The van der Waals surface area contributed by atoms with Crippen LogP contribution in [-0.2, 0) is 12.8 Å². The standard InChI is InChI=1S/C14H11NO3/c1-8(16)11-6-4-9-2-3-10-5-7-12(15(17)18)14(11)13(9)10/h4-7H,2-3H2,1H3. The van der Waals surface area contributed by atoms with Crippen molar-refractivity contribution in [1.82, 2.24) is 0 Å². The Balaban J connectivity index is 2.53. The Morgan fingerprint density at radius 3 is 2.28 bits per heavy atom. The summed E-state index contributed by atoms with van der Waals surface area (Å²) in [4.78, 5) is 22.4. The van der Waals surface area contributed by atoms with E-state index >= 15 is 0 Å². The number of rotatable bonds is 2. The molecule has 0 heterocycles. The molecule has 2 aromatic rings. The van der Waals surface area contributed by atoms with Gasteiger partial charge < -0.3 is 0 Å². The first kappa shape index (κ1) is 10.9. The van der Waals surface area contributed by atoms with Gasteiger partial charge in [0, 0.05) is 11.6 Å². The highest BCUT2D eigenvalue weighted by atomic mass is 16.6. The molecule has 4 heteroatoms. The second-order valence-corrected chi connectivity index (χ2v) is 4.58. The molecule has 0 saturated heterocycles. The van der Waals surface area contributed by atoms with Crippen LogP contribution in [0.4, 0.5) is 5.69 Å². The molecular formula is C14H11NO3. The average Bonchev–Trinajstić information content (AvgIpc) is 2.74. The molecule has 0 aromatic heterocycles. The molecule has 90 valence electrons. The fourth-order valence-electron chi connectivity index (χ4n) is 2.76. The number of carbonyl (C=O) groups excluding carboxylic acids is 1. The molecule has 0 radical (unpaired) electrons. The Bertz CT molecular complexity index is 647. The van der Waals surface area contributed by atoms with E-state index < -0.39 is 4.92 Å². The molecule has 1 aliphatic rings. The van der Waals surface area contributed by atoms with Crippen molar-refractivity contribution in [3.63, 3.8) is 0 Å². The van der Waals surface area contributed by atoms with Crippen LogP contribution >= 0.6 is 0 Å². The lowest BCUT2D eigenvalue weighted by atomic mass is 9.96. The number of nitrogens with zero attached hydrogens (tertiary/aromatic N) is 1. The van der Waals surface area contributed by atoms with Gasteiger partial charge >= 0.3 is 0 Å². The minimum Gasteiger partial charge on any atom is -0.294 e. The third kappa shape index (κ3) is 1.35. The Morgan fingerprint density at radius 1 is 1.11 bits per heavy atom. The molecule has 0 unspecified atom stereocenters. The van der Waals surface area contributed by atoms with Crippen LogP contribution in [0.1, 0.15) is 28.4 Å². The highest BCUT2D eigenvalue weighted by molar-refractivity contribution is 6.12. The zero-order valence-corrected chi connectivity index (χ0v) is 9.90. The number of Topliss-reactive ketones (excluding diaryl/α,β-unsaturated/α-hetero) is 1. The Kier molecular flexibility index (Phi) is 2.20. The van der Waals surface area contributed by atoms with Crippen LogP contribution in [0.3, 0.4) is 0 Å². The van der Waals surface area contributed by atoms with E-state index in [4.69, 9.17) is 0 Å². The molecule has 0 bridgehead atoms. The van der Waals surface area contributed by atoms with Crippen LogP contribution < -0.4 is 0 Å².